The zero-order valence-electron chi connectivity index (χ0n) is 15.7. The monoisotopic (exact) mass is 417 g/mol. The Kier molecular flexibility index (Phi) is 6.27. The van der Waals surface area contributed by atoms with Crippen LogP contribution in [0.3, 0.4) is 0 Å². The number of anilines is 1. The van der Waals surface area contributed by atoms with Crippen molar-refractivity contribution in [1.29, 1.82) is 0 Å². The number of nitrogens with zero attached hydrogens (tertiary/aromatic N) is 2. The van der Waals surface area contributed by atoms with E-state index in [1.807, 2.05) is 0 Å². The molecule has 2 aromatic carbocycles. The van der Waals surface area contributed by atoms with E-state index in [-0.39, 0.29) is 24.3 Å². The Labute approximate surface area is 167 Å². The predicted molar refractivity (Wildman–Crippen MR) is 108 cm³/mol. The fourth-order valence-corrected chi connectivity index (χ4v) is 3.74. The number of nitrogens with one attached hydrogen (secondary N) is 1. The first kappa shape index (κ1) is 20.9. The van der Waals surface area contributed by atoms with Crippen molar-refractivity contribution in [3.05, 3.63) is 71.7 Å². The number of halogens is 1. The molecule has 152 valence electrons. The highest BCUT2D eigenvalue weighted by Crippen LogP contribution is 2.39. The van der Waals surface area contributed by atoms with Gasteiger partial charge in [-0.25, -0.2) is 4.39 Å². The van der Waals surface area contributed by atoms with Crippen LogP contribution in [-0.4, -0.2) is 25.5 Å². The second kappa shape index (κ2) is 8.69. The van der Waals surface area contributed by atoms with E-state index in [1.54, 1.807) is 54.3 Å². The number of hydrogen-bond acceptors (Lipinski definition) is 3. The van der Waals surface area contributed by atoms with Crippen molar-refractivity contribution in [3.63, 3.8) is 0 Å². The van der Waals surface area contributed by atoms with Crippen molar-refractivity contribution in [2.24, 2.45) is 7.05 Å². The molecule has 1 aromatic heterocycles. The van der Waals surface area contributed by atoms with Crippen LogP contribution < -0.4 is 5.32 Å². The number of amides is 1. The van der Waals surface area contributed by atoms with Crippen molar-refractivity contribution in [1.82, 2.24) is 9.78 Å². The number of aryl methyl sites for hydroxylation is 2. The van der Waals surface area contributed by atoms with Crippen LogP contribution in [0.5, 0.6) is 0 Å². The SMILES string of the molecule is Cn1ncc(CCC(=O)Nc2ccc(CP(=O)(O)O)cc2)c1-c1ccc(F)cc1. The fraction of sp³-hybridized carbons (Fsp3) is 0.200. The highest BCUT2D eigenvalue weighted by Gasteiger charge is 2.15. The molecule has 1 amide bonds. The summed E-state index contributed by atoms with van der Waals surface area (Å²) in [5.41, 5.74) is 3.58. The second-order valence-corrected chi connectivity index (χ2v) is 8.36. The molecule has 7 nitrogen and oxygen atoms in total. The van der Waals surface area contributed by atoms with Gasteiger partial charge in [0, 0.05) is 24.7 Å². The van der Waals surface area contributed by atoms with Crippen LogP contribution in [0.15, 0.2) is 54.7 Å². The quantitative estimate of drug-likeness (QED) is 0.511. The van der Waals surface area contributed by atoms with Gasteiger partial charge in [-0.1, -0.05) is 12.1 Å². The molecule has 29 heavy (non-hydrogen) atoms. The van der Waals surface area contributed by atoms with E-state index in [0.29, 0.717) is 17.7 Å². The highest BCUT2D eigenvalue weighted by molar-refractivity contribution is 7.50. The Hall–Kier alpha value is -2.80. The van der Waals surface area contributed by atoms with Gasteiger partial charge in [-0.05, 0) is 53.9 Å². The molecule has 0 aliphatic carbocycles. The molecule has 0 unspecified atom stereocenters. The molecule has 3 aromatic rings. The molecule has 0 aliphatic rings. The minimum atomic E-state index is -4.12. The maximum Gasteiger partial charge on any atom is 0.329 e. The average molecular weight is 417 g/mol. The van der Waals surface area contributed by atoms with E-state index in [1.165, 1.54) is 12.1 Å². The van der Waals surface area contributed by atoms with E-state index in [9.17, 15) is 13.8 Å². The van der Waals surface area contributed by atoms with E-state index in [2.05, 4.69) is 10.4 Å². The van der Waals surface area contributed by atoms with Crippen LogP contribution in [0.25, 0.3) is 11.3 Å². The lowest BCUT2D eigenvalue weighted by Crippen LogP contribution is -2.12. The molecule has 0 aliphatic heterocycles. The third-order valence-electron chi connectivity index (χ3n) is 4.38. The lowest BCUT2D eigenvalue weighted by Gasteiger charge is -2.09. The van der Waals surface area contributed by atoms with E-state index >= 15 is 0 Å². The van der Waals surface area contributed by atoms with Crippen molar-refractivity contribution in [2.45, 2.75) is 19.0 Å². The highest BCUT2D eigenvalue weighted by atomic mass is 31.2. The van der Waals surface area contributed by atoms with Crippen LogP contribution in [0.4, 0.5) is 10.1 Å². The Balaban J connectivity index is 1.62. The normalized spacial score (nSPS) is 11.4. The Bertz CT molecular complexity index is 1040. The summed E-state index contributed by atoms with van der Waals surface area (Å²) in [7, 11) is -2.33. The van der Waals surface area contributed by atoms with Gasteiger partial charge in [-0.3, -0.25) is 14.0 Å². The molecular weight excluding hydrogens is 396 g/mol. The summed E-state index contributed by atoms with van der Waals surface area (Å²) < 4.78 is 25.9. The summed E-state index contributed by atoms with van der Waals surface area (Å²) in [5, 5.41) is 7.01. The van der Waals surface area contributed by atoms with E-state index in [0.717, 1.165) is 16.8 Å². The van der Waals surface area contributed by atoms with Crippen LogP contribution in [0.1, 0.15) is 17.5 Å². The van der Waals surface area contributed by atoms with Gasteiger partial charge in [0.15, 0.2) is 0 Å². The lowest BCUT2D eigenvalue weighted by molar-refractivity contribution is -0.116. The third kappa shape index (κ3) is 5.84. The summed E-state index contributed by atoms with van der Waals surface area (Å²) in [6.45, 7) is 0. The Morgan fingerprint density at radius 2 is 1.79 bits per heavy atom. The lowest BCUT2D eigenvalue weighted by atomic mass is 10.0. The molecule has 3 rings (SSSR count). The number of benzene rings is 2. The van der Waals surface area contributed by atoms with Crippen molar-refractivity contribution >= 4 is 19.2 Å². The van der Waals surface area contributed by atoms with Crippen LogP contribution >= 0.6 is 7.60 Å². The Morgan fingerprint density at radius 3 is 2.41 bits per heavy atom. The van der Waals surface area contributed by atoms with E-state index < -0.39 is 7.60 Å². The van der Waals surface area contributed by atoms with Crippen molar-refractivity contribution < 1.29 is 23.5 Å². The molecule has 0 fully saturated rings. The molecule has 0 saturated carbocycles. The molecule has 0 radical (unpaired) electrons. The molecule has 0 saturated heterocycles. The molecule has 1 heterocycles. The van der Waals surface area contributed by atoms with Gasteiger partial charge < -0.3 is 15.1 Å². The molecule has 0 spiro atoms. The summed E-state index contributed by atoms with van der Waals surface area (Å²) in [6, 6.07) is 12.5. The first-order valence-electron chi connectivity index (χ1n) is 8.91. The topological polar surface area (TPSA) is 104 Å². The summed E-state index contributed by atoms with van der Waals surface area (Å²) in [6.07, 6.45) is 2.05. The number of hydrogen-bond donors (Lipinski definition) is 3. The number of rotatable bonds is 7. The van der Waals surface area contributed by atoms with Gasteiger partial charge in [0.2, 0.25) is 5.91 Å². The first-order valence-corrected chi connectivity index (χ1v) is 10.7. The minimum absolute atomic E-state index is 0.193. The maximum atomic E-state index is 13.2. The van der Waals surface area contributed by atoms with Crippen molar-refractivity contribution in [2.75, 3.05) is 5.32 Å². The second-order valence-electron chi connectivity index (χ2n) is 6.72. The van der Waals surface area contributed by atoms with Gasteiger partial charge in [0.25, 0.3) is 0 Å². The predicted octanol–water partition coefficient (Wildman–Crippen LogP) is 3.48. The van der Waals surface area contributed by atoms with Crippen molar-refractivity contribution in [3.8, 4) is 11.3 Å². The first-order chi connectivity index (χ1) is 13.7. The van der Waals surface area contributed by atoms with Crippen LogP contribution in [0, 0.1) is 5.82 Å². The number of carbonyl (C=O) groups excluding carboxylic acids is 1. The largest absolute Gasteiger partial charge is 0.329 e. The summed E-state index contributed by atoms with van der Waals surface area (Å²) >= 11 is 0. The van der Waals surface area contributed by atoms with Gasteiger partial charge in [0.1, 0.15) is 5.82 Å². The molecule has 0 bridgehead atoms. The molecule has 0 atom stereocenters. The van der Waals surface area contributed by atoms with E-state index in [4.69, 9.17) is 9.79 Å². The molecular formula is C20H21FN3O4P. The smallest absolute Gasteiger partial charge is 0.326 e. The van der Waals surface area contributed by atoms with Gasteiger partial charge in [0.05, 0.1) is 18.1 Å². The maximum absolute atomic E-state index is 13.2. The minimum Gasteiger partial charge on any atom is -0.326 e. The zero-order valence-corrected chi connectivity index (χ0v) is 16.6. The van der Waals surface area contributed by atoms with Gasteiger partial charge >= 0.3 is 7.60 Å². The van der Waals surface area contributed by atoms with Gasteiger partial charge in [-0.15, -0.1) is 0 Å². The summed E-state index contributed by atoms with van der Waals surface area (Å²) in [5.74, 6) is -0.509. The zero-order chi connectivity index (χ0) is 21.0. The number of carbonyl (C=O) groups is 1. The molecule has 3 N–H and O–H groups in total. The standard InChI is InChI=1S/C20H21FN3O4P/c1-24-20(15-4-7-17(21)8-5-15)16(12-22-24)6-11-19(25)23-18-9-2-14(3-10-18)13-29(26,27)28/h2-5,7-10,12H,6,11,13H2,1H3,(H,23,25)(H2,26,27,28). The molecule has 9 heteroatoms. The fourth-order valence-electron chi connectivity index (χ4n) is 3.05. The summed E-state index contributed by atoms with van der Waals surface area (Å²) in [4.78, 5) is 30.3. The number of aromatic nitrogens is 2. The average Bonchev–Trinajstić information content (AvgIpc) is 3.02. The van der Waals surface area contributed by atoms with Gasteiger partial charge in [-0.2, -0.15) is 5.10 Å². The third-order valence-corrected chi connectivity index (χ3v) is 5.16. The van der Waals surface area contributed by atoms with Crippen LogP contribution in [0.2, 0.25) is 0 Å². The van der Waals surface area contributed by atoms with Crippen LogP contribution in [-0.2, 0) is 29.0 Å². The Morgan fingerprint density at radius 1 is 1.14 bits per heavy atom.